The molecule has 3 aliphatic carbocycles. The fraction of sp³-hybridized carbons (Fsp3) is 0.131. The normalized spacial score (nSPS) is 16.3. The first kappa shape index (κ1) is 60.9. The third kappa shape index (κ3) is 8.47. The summed E-state index contributed by atoms with van der Waals surface area (Å²) >= 11 is 0. The molecule has 15 aromatic carbocycles. The van der Waals surface area contributed by atoms with Crippen LogP contribution in [0.25, 0.3) is 126 Å². The second-order valence-electron chi connectivity index (χ2n) is 30.9. The lowest BCUT2D eigenvalue weighted by atomic mass is 9.39. The molecule has 20 rings (SSSR count). The number of aryl methyl sites for hydroxylation is 1. The summed E-state index contributed by atoms with van der Waals surface area (Å²) in [4.78, 5) is 5.17. The summed E-state index contributed by atoms with van der Waals surface area (Å²) in [5.74, 6) is 0. The monoisotopic (exact) mass is 1320 g/mol. The maximum Gasteiger partial charge on any atom is 0.159 e. The molecule has 0 saturated heterocycles. The smallest absolute Gasteiger partial charge is 0.159 e. The van der Waals surface area contributed by atoms with E-state index >= 15 is 0 Å². The van der Waals surface area contributed by atoms with Crippen molar-refractivity contribution in [3.8, 4) is 33.4 Å². The molecule has 0 amide bonds. The Balaban J connectivity index is 0.992. The fourth-order valence-electron chi connectivity index (χ4n) is 19.8. The van der Waals surface area contributed by atoms with E-state index in [0.717, 1.165) is 113 Å². The van der Waals surface area contributed by atoms with E-state index in [4.69, 9.17) is 8.83 Å². The molecule has 2 heterocycles. The Hall–Kier alpha value is -12.0. The van der Waals surface area contributed by atoms with Crippen LogP contribution in [0.2, 0.25) is 0 Å². The SMILES string of the molecule is Cc1cccc(-c2ccccc2N(c2cc3c(c4ccccc24)-c2c(ccc4ccccc24)C3(C(C)(C)C)C2(C(C)(C)C)c3ccc4ccccc4c3-c3c2cc(N(c2ccccc2C2=CC=CCC2)c2cccc4c2oc2ccccc24)c2ccccc32)c2cccc3c2oc2ccccc23)c1. The Morgan fingerprint density at radius 2 is 0.718 bits per heavy atom. The number of furan rings is 2. The Morgan fingerprint density at radius 1 is 0.320 bits per heavy atom. The summed E-state index contributed by atoms with van der Waals surface area (Å²) in [6.07, 6.45) is 8.77. The van der Waals surface area contributed by atoms with Gasteiger partial charge in [-0.15, -0.1) is 0 Å². The molecule has 0 saturated carbocycles. The van der Waals surface area contributed by atoms with Crippen molar-refractivity contribution in [1.82, 2.24) is 0 Å². The Bertz CT molecular complexity index is 6520. The number of allylic oxidation sites excluding steroid dienone is 4. The van der Waals surface area contributed by atoms with Crippen LogP contribution in [0.15, 0.2) is 318 Å². The van der Waals surface area contributed by atoms with Crippen LogP contribution >= 0.6 is 0 Å². The summed E-state index contributed by atoms with van der Waals surface area (Å²) in [5, 5.41) is 13.9. The zero-order valence-electron chi connectivity index (χ0n) is 59.1. The molecule has 2 aromatic heterocycles. The molecule has 17 aromatic rings. The standard InChI is InChI=1S/C99H76N2O2/c1-61-30-27-35-65(58-61)67-37-20-24-49-83(67)101(85-51-29-47-77-73-43-22-26-53-89(73)103-95(77)85)87-60-81-93(75-45-18-16-41-71(75)87)91-69-39-14-12-34-64(69)55-57-79(91)99(81,97(5,6)7)98(96(2,3)4)78-56-54-63-33-11-13-38-68(63)90(78)92-74-44-17-15-40-70(74)86(59-80(92)98)100(82-48-23-19-36-66(82)62-31-9-8-10-32-62)84-50-28-46-76-72-42-21-25-52-88(72)102-94(76)84/h8-9,11-31,33-60H,10,32H2,1-7H3. The van der Waals surface area contributed by atoms with Gasteiger partial charge in [0.15, 0.2) is 11.2 Å². The number of anilines is 6. The van der Waals surface area contributed by atoms with Gasteiger partial charge < -0.3 is 18.6 Å². The van der Waals surface area contributed by atoms with E-state index in [-0.39, 0.29) is 0 Å². The molecule has 103 heavy (non-hydrogen) atoms. The molecule has 0 aliphatic heterocycles. The van der Waals surface area contributed by atoms with E-state index in [9.17, 15) is 0 Å². The van der Waals surface area contributed by atoms with Crippen molar-refractivity contribution in [2.24, 2.45) is 10.8 Å². The molecular formula is C99H76N2O2. The molecule has 0 fully saturated rings. The molecule has 3 aliphatic rings. The number of nitrogens with zero attached hydrogens (tertiary/aromatic N) is 2. The Kier molecular flexibility index (Phi) is 13.3. The van der Waals surface area contributed by atoms with E-state index in [1.807, 2.05) is 0 Å². The summed E-state index contributed by atoms with van der Waals surface area (Å²) in [7, 11) is 0. The second kappa shape index (κ2) is 22.5. The van der Waals surface area contributed by atoms with Crippen LogP contribution < -0.4 is 9.80 Å². The molecule has 2 unspecified atom stereocenters. The third-order valence-electron chi connectivity index (χ3n) is 23.5. The van der Waals surface area contributed by atoms with Crippen LogP contribution in [-0.4, -0.2) is 0 Å². The highest BCUT2D eigenvalue weighted by molar-refractivity contribution is 6.21. The van der Waals surface area contributed by atoms with Gasteiger partial charge in [0, 0.05) is 54.3 Å². The molecule has 4 heteroatoms. The van der Waals surface area contributed by atoms with Gasteiger partial charge in [0.05, 0.1) is 34.1 Å². The maximum atomic E-state index is 7.28. The highest BCUT2D eigenvalue weighted by atomic mass is 16.3. The van der Waals surface area contributed by atoms with Gasteiger partial charge in [0.2, 0.25) is 0 Å². The summed E-state index contributed by atoms with van der Waals surface area (Å²) < 4.78 is 14.6. The van der Waals surface area contributed by atoms with Crippen molar-refractivity contribution >= 4 is 127 Å². The van der Waals surface area contributed by atoms with Crippen LogP contribution in [-0.2, 0) is 10.8 Å². The van der Waals surface area contributed by atoms with Gasteiger partial charge >= 0.3 is 0 Å². The number of fused-ring (bicyclic) bond motifs is 20. The summed E-state index contributed by atoms with van der Waals surface area (Å²) in [6, 6.07) is 110. The topological polar surface area (TPSA) is 32.8 Å². The first-order valence-electron chi connectivity index (χ1n) is 36.5. The lowest BCUT2D eigenvalue weighted by Crippen LogP contribution is -2.62. The maximum absolute atomic E-state index is 7.28. The Morgan fingerprint density at radius 3 is 1.20 bits per heavy atom. The minimum atomic E-state index is -0.901. The van der Waals surface area contributed by atoms with E-state index < -0.39 is 21.7 Å². The predicted octanol–water partition coefficient (Wildman–Crippen LogP) is 28.1. The molecule has 0 N–H and O–H groups in total. The summed E-state index contributed by atoms with van der Waals surface area (Å²) in [6.45, 7) is 17.6. The van der Waals surface area contributed by atoms with Gasteiger partial charge in [-0.3, -0.25) is 0 Å². The third-order valence-corrected chi connectivity index (χ3v) is 23.5. The number of benzene rings is 15. The van der Waals surface area contributed by atoms with Gasteiger partial charge in [-0.25, -0.2) is 0 Å². The van der Waals surface area contributed by atoms with Crippen molar-refractivity contribution < 1.29 is 8.83 Å². The molecule has 2 atom stereocenters. The van der Waals surface area contributed by atoms with Crippen molar-refractivity contribution in [2.45, 2.75) is 72.1 Å². The number of hydrogen-bond acceptors (Lipinski definition) is 4. The predicted molar refractivity (Wildman–Crippen MR) is 435 cm³/mol. The molecular weight excluding hydrogens is 1250 g/mol. The zero-order chi connectivity index (χ0) is 69.3. The molecule has 0 radical (unpaired) electrons. The minimum Gasteiger partial charge on any atom is -0.454 e. The first-order valence-corrected chi connectivity index (χ1v) is 36.5. The largest absolute Gasteiger partial charge is 0.454 e. The van der Waals surface area contributed by atoms with Crippen molar-refractivity contribution in [2.75, 3.05) is 9.80 Å². The first-order chi connectivity index (χ1) is 50.3. The molecule has 0 bridgehead atoms. The van der Waals surface area contributed by atoms with Crippen LogP contribution in [0, 0.1) is 17.8 Å². The van der Waals surface area contributed by atoms with Crippen LogP contribution in [0.3, 0.4) is 0 Å². The quantitative estimate of drug-likeness (QED) is 0.144. The van der Waals surface area contributed by atoms with Crippen LogP contribution in [0.1, 0.15) is 87.8 Å². The average Bonchev–Trinajstić information content (AvgIpc) is 1.47. The molecule has 494 valence electrons. The zero-order valence-corrected chi connectivity index (χ0v) is 59.1. The fourth-order valence-corrected chi connectivity index (χ4v) is 19.8. The summed E-state index contributed by atoms with van der Waals surface area (Å²) in [5.41, 5.74) is 23.1. The highest BCUT2D eigenvalue weighted by Gasteiger charge is 2.71. The van der Waals surface area contributed by atoms with E-state index in [1.165, 1.54) is 93.5 Å². The molecule has 4 nitrogen and oxygen atoms in total. The van der Waals surface area contributed by atoms with Crippen molar-refractivity contribution in [3.05, 3.63) is 343 Å². The van der Waals surface area contributed by atoms with Crippen molar-refractivity contribution in [3.63, 3.8) is 0 Å². The lowest BCUT2D eigenvalue weighted by Gasteiger charge is -2.62. The number of para-hydroxylation sites is 6. The van der Waals surface area contributed by atoms with Gasteiger partial charge in [-0.2, -0.15) is 0 Å². The van der Waals surface area contributed by atoms with Gasteiger partial charge in [0.25, 0.3) is 0 Å². The van der Waals surface area contributed by atoms with Crippen LogP contribution in [0.4, 0.5) is 34.1 Å². The Labute approximate surface area is 600 Å². The number of hydrogen-bond donors (Lipinski definition) is 0. The number of rotatable bonds is 9. The molecule has 0 spiro atoms. The minimum absolute atomic E-state index is 0.573. The van der Waals surface area contributed by atoms with Gasteiger partial charge in [0.1, 0.15) is 11.2 Å². The lowest BCUT2D eigenvalue weighted by molar-refractivity contribution is 0.0596. The van der Waals surface area contributed by atoms with E-state index in [0.29, 0.717) is 0 Å². The van der Waals surface area contributed by atoms with Crippen molar-refractivity contribution in [1.29, 1.82) is 0 Å². The van der Waals surface area contributed by atoms with Gasteiger partial charge in [-0.05, 0) is 167 Å². The van der Waals surface area contributed by atoms with E-state index in [1.54, 1.807) is 0 Å². The van der Waals surface area contributed by atoms with E-state index in [2.05, 4.69) is 368 Å². The van der Waals surface area contributed by atoms with Crippen LogP contribution in [0.5, 0.6) is 0 Å². The van der Waals surface area contributed by atoms with Gasteiger partial charge in [-0.1, -0.05) is 308 Å². The second-order valence-corrected chi connectivity index (χ2v) is 30.9. The highest BCUT2D eigenvalue weighted by Crippen LogP contribution is 2.77. The average molecular weight is 1330 g/mol.